The first-order valence-corrected chi connectivity index (χ1v) is 7.20. The lowest BCUT2D eigenvalue weighted by Gasteiger charge is -1.99. The van der Waals surface area contributed by atoms with E-state index in [1.807, 2.05) is 0 Å². The zero-order valence-electron chi connectivity index (χ0n) is 11.9. The molecule has 0 spiro atoms. The number of aliphatic imine (C=N–C) groups is 1. The standard InChI is InChI=1S/C14H15N5O2S/c1-3-6-16-8-18-13-12(19-14(15)22-13)11-5-4-10(21-11)7-17-9(2)20/h1,4-5,8H,6-7H2,2H3,(H2,15,19)(H,16,18)(H,17,20). The van der Waals surface area contributed by atoms with Gasteiger partial charge in [0.25, 0.3) is 0 Å². The van der Waals surface area contributed by atoms with E-state index in [-0.39, 0.29) is 12.5 Å². The number of hydrogen-bond acceptors (Lipinski definition) is 6. The summed E-state index contributed by atoms with van der Waals surface area (Å²) in [4.78, 5) is 19.1. The SMILES string of the molecule is C#CCN=CNc1sc(N)nc1-c1ccc(CNC(C)=O)o1. The highest BCUT2D eigenvalue weighted by Gasteiger charge is 2.15. The Morgan fingerprint density at radius 1 is 1.64 bits per heavy atom. The second kappa shape index (κ2) is 7.28. The molecular weight excluding hydrogens is 302 g/mol. The molecule has 0 fully saturated rings. The number of anilines is 2. The van der Waals surface area contributed by atoms with E-state index in [1.165, 1.54) is 24.6 Å². The lowest BCUT2D eigenvalue weighted by atomic mass is 10.3. The first-order chi connectivity index (χ1) is 10.6. The van der Waals surface area contributed by atoms with Crippen LogP contribution in [0.1, 0.15) is 12.7 Å². The molecule has 7 nitrogen and oxygen atoms in total. The van der Waals surface area contributed by atoms with Gasteiger partial charge in [-0.05, 0) is 12.1 Å². The number of terminal acetylenes is 1. The van der Waals surface area contributed by atoms with Crippen molar-refractivity contribution in [2.45, 2.75) is 13.5 Å². The Kier molecular flexibility index (Phi) is 5.16. The molecule has 0 aliphatic carbocycles. The van der Waals surface area contributed by atoms with Gasteiger partial charge in [-0.2, -0.15) is 0 Å². The van der Waals surface area contributed by atoms with Crippen LogP contribution in [0.2, 0.25) is 0 Å². The van der Waals surface area contributed by atoms with E-state index >= 15 is 0 Å². The molecular formula is C14H15N5O2S. The molecule has 0 atom stereocenters. The van der Waals surface area contributed by atoms with Gasteiger partial charge in [-0.15, -0.1) is 6.42 Å². The number of nitrogen functional groups attached to an aromatic ring is 1. The third kappa shape index (κ3) is 4.10. The van der Waals surface area contributed by atoms with E-state index in [2.05, 4.69) is 26.5 Å². The zero-order chi connectivity index (χ0) is 15.9. The van der Waals surface area contributed by atoms with Crippen LogP contribution in [0.15, 0.2) is 21.5 Å². The van der Waals surface area contributed by atoms with Gasteiger partial charge in [-0.3, -0.25) is 9.79 Å². The van der Waals surface area contributed by atoms with Crippen molar-refractivity contribution in [1.82, 2.24) is 10.3 Å². The molecule has 0 bridgehead atoms. The molecule has 0 saturated heterocycles. The van der Waals surface area contributed by atoms with E-state index in [0.29, 0.717) is 33.9 Å². The van der Waals surface area contributed by atoms with Crippen molar-refractivity contribution < 1.29 is 9.21 Å². The topological polar surface area (TPSA) is 106 Å². The van der Waals surface area contributed by atoms with Gasteiger partial charge in [0.05, 0.1) is 12.9 Å². The van der Waals surface area contributed by atoms with Gasteiger partial charge in [-0.25, -0.2) is 4.98 Å². The normalized spacial score (nSPS) is 10.5. The fourth-order valence-electron chi connectivity index (χ4n) is 1.62. The predicted molar refractivity (Wildman–Crippen MR) is 87.6 cm³/mol. The van der Waals surface area contributed by atoms with Crippen LogP contribution in [-0.2, 0) is 11.3 Å². The van der Waals surface area contributed by atoms with Gasteiger partial charge in [0.15, 0.2) is 10.9 Å². The van der Waals surface area contributed by atoms with E-state index in [4.69, 9.17) is 16.6 Å². The van der Waals surface area contributed by atoms with Crippen LogP contribution in [0, 0.1) is 12.3 Å². The molecule has 0 aromatic carbocycles. The maximum absolute atomic E-state index is 10.9. The quantitative estimate of drug-likeness (QED) is 0.427. The monoisotopic (exact) mass is 317 g/mol. The molecule has 114 valence electrons. The number of carbonyl (C=O) groups is 1. The van der Waals surface area contributed by atoms with Gasteiger partial charge < -0.3 is 20.8 Å². The van der Waals surface area contributed by atoms with Gasteiger partial charge >= 0.3 is 0 Å². The molecule has 1 amide bonds. The Bertz CT molecular complexity index is 726. The predicted octanol–water partition coefficient (Wildman–Crippen LogP) is 1.69. The molecule has 0 aliphatic heterocycles. The van der Waals surface area contributed by atoms with Crippen molar-refractivity contribution in [1.29, 1.82) is 0 Å². The van der Waals surface area contributed by atoms with Gasteiger partial charge in [0.1, 0.15) is 23.0 Å². The molecule has 0 saturated carbocycles. The van der Waals surface area contributed by atoms with Gasteiger partial charge in [-0.1, -0.05) is 17.3 Å². The Morgan fingerprint density at radius 2 is 2.45 bits per heavy atom. The fraction of sp³-hybridized carbons (Fsp3) is 0.214. The number of nitrogens with two attached hydrogens (primary N) is 1. The van der Waals surface area contributed by atoms with Crippen LogP contribution in [0.5, 0.6) is 0 Å². The molecule has 0 radical (unpaired) electrons. The molecule has 2 rings (SSSR count). The number of amides is 1. The lowest BCUT2D eigenvalue weighted by Crippen LogP contribution is -2.18. The highest BCUT2D eigenvalue weighted by atomic mass is 32.1. The number of thiazole rings is 1. The molecule has 2 aromatic heterocycles. The van der Waals surface area contributed by atoms with Gasteiger partial charge in [0.2, 0.25) is 5.91 Å². The van der Waals surface area contributed by atoms with E-state index in [1.54, 1.807) is 12.1 Å². The number of rotatable bonds is 6. The number of nitrogens with zero attached hydrogens (tertiary/aromatic N) is 2. The Labute approximate surface area is 131 Å². The second-order valence-corrected chi connectivity index (χ2v) is 5.25. The van der Waals surface area contributed by atoms with Crippen LogP contribution < -0.4 is 16.4 Å². The summed E-state index contributed by atoms with van der Waals surface area (Å²) in [6.07, 6.45) is 6.62. The second-order valence-electron chi connectivity index (χ2n) is 4.22. The van der Waals surface area contributed by atoms with E-state index in [0.717, 1.165) is 0 Å². The summed E-state index contributed by atoms with van der Waals surface area (Å²) in [5, 5.41) is 6.76. The minimum Gasteiger partial charge on any atom is -0.457 e. The molecule has 0 aliphatic rings. The molecule has 22 heavy (non-hydrogen) atoms. The average Bonchev–Trinajstić information content (AvgIpc) is 3.08. The van der Waals surface area contributed by atoms with Crippen molar-refractivity contribution >= 4 is 33.7 Å². The van der Waals surface area contributed by atoms with Crippen molar-refractivity contribution in [3.05, 3.63) is 17.9 Å². The number of carbonyl (C=O) groups excluding carboxylic acids is 1. The average molecular weight is 317 g/mol. The maximum atomic E-state index is 10.9. The summed E-state index contributed by atoms with van der Waals surface area (Å²) in [7, 11) is 0. The lowest BCUT2D eigenvalue weighted by molar-refractivity contribution is -0.119. The number of hydrogen-bond donors (Lipinski definition) is 3. The molecule has 2 heterocycles. The van der Waals surface area contributed by atoms with Crippen molar-refractivity contribution in [3.63, 3.8) is 0 Å². The van der Waals surface area contributed by atoms with Crippen molar-refractivity contribution in [3.8, 4) is 23.8 Å². The minimum atomic E-state index is -0.122. The van der Waals surface area contributed by atoms with Crippen LogP contribution in [0.4, 0.5) is 10.1 Å². The van der Waals surface area contributed by atoms with E-state index in [9.17, 15) is 4.79 Å². The molecule has 8 heteroatoms. The van der Waals surface area contributed by atoms with Crippen LogP contribution >= 0.6 is 11.3 Å². The third-order valence-electron chi connectivity index (χ3n) is 2.52. The maximum Gasteiger partial charge on any atom is 0.217 e. The highest BCUT2D eigenvalue weighted by molar-refractivity contribution is 7.20. The highest BCUT2D eigenvalue weighted by Crippen LogP contribution is 2.35. The zero-order valence-corrected chi connectivity index (χ0v) is 12.7. The number of nitrogens with one attached hydrogen (secondary N) is 2. The summed E-state index contributed by atoms with van der Waals surface area (Å²) >= 11 is 1.28. The molecule has 4 N–H and O–H groups in total. The summed E-state index contributed by atoms with van der Waals surface area (Å²) in [6.45, 7) is 2.06. The van der Waals surface area contributed by atoms with E-state index < -0.39 is 0 Å². The smallest absolute Gasteiger partial charge is 0.217 e. The largest absolute Gasteiger partial charge is 0.457 e. The first-order valence-electron chi connectivity index (χ1n) is 6.38. The fourth-order valence-corrected chi connectivity index (χ4v) is 2.32. The minimum absolute atomic E-state index is 0.122. The third-order valence-corrected chi connectivity index (χ3v) is 3.34. The summed E-state index contributed by atoms with van der Waals surface area (Å²) in [6, 6.07) is 3.55. The van der Waals surface area contributed by atoms with Gasteiger partial charge in [0, 0.05) is 6.92 Å². The Hall–Kier alpha value is -2.79. The number of furan rings is 1. The first kappa shape index (κ1) is 15.6. The Morgan fingerprint density at radius 3 is 3.18 bits per heavy atom. The molecule has 0 unspecified atom stereocenters. The van der Waals surface area contributed by atoms with Crippen molar-refractivity contribution in [2.75, 3.05) is 17.6 Å². The van der Waals surface area contributed by atoms with Crippen molar-refractivity contribution in [2.24, 2.45) is 4.99 Å². The Balaban J connectivity index is 2.14. The molecule has 2 aromatic rings. The summed E-state index contributed by atoms with van der Waals surface area (Å²) < 4.78 is 5.66. The van der Waals surface area contributed by atoms with Crippen LogP contribution in [0.3, 0.4) is 0 Å². The summed E-state index contributed by atoms with van der Waals surface area (Å²) in [5.41, 5.74) is 6.33. The summed E-state index contributed by atoms with van der Waals surface area (Å²) in [5.74, 6) is 3.47. The number of aromatic nitrogens is 1. The van der Waals surface area contributed by atoms with Crippen LogP contribution in [0.25, 0.3) is 11.5 Å². The van der Waals surface area contributed by atoms with Crippen LogP contribution in [-0.4, -0.2) is 23.8 Å².